The summed E-state index contributed by atoms with van der Waals surface area (Å²) in [6.45, 7) is 18.5. The molecule has 0 aromatic heterocycles. The highest BCUT2D eigenvalue weighted by Gasteiger charge is 2.29. The Balaban J connectivity index is 0.000000267. The molecule has 0 bridgehead atoms. The van der Waals surface area contributed by atoms with E-state index in [1.54, 1.807) is 12.1 Å². The van der Waals surface area contributed by atoms with Gasteiger partial charge in [-0.3, -0.25) is 30.3 Å². The fourth-order valence-corrected chi connectivity index (χ4v) is 8.50. The Kier molecular flexibility index (Phi) is 22.0. The molecule has 0 spiro atoms. The standard InChI is InChI=1S/2C18H27N3O4.C7H6FNO2.C7H15N/c2*1-12-7-5-10-15(21(23)24)16(12)19-13-8-6-9-14(11-13)20-17(22)25-18(2,3)4;1-5-3-2-4-6(7(5)8)9(10)11;1-6-3-2-4-7(8)5-6/h2*5,7,10,13-14,19H,6,8-9,11H2,1-4H3,(H,20,22);2-4H,1H3;6-7H,2-5,8H2,1H3/t2*13?,14-;;/m00../s1. The van der Waals surface area contributed by atoms with E-state index < -0.39 is 39.8 Å². The number of nitro benzene ring substituents is 3. The Morgan fingerprint density at radius 3 is 1.28 bits per heavy atom. The Bertz CT molecular complexity index is 2080. The molecule has 3 aliphatic rings. The molecule has 3 fully saturated rings. The number of amides is 2. The smallest absolute Gasteiger partial charge is 0.407 e. The van der Waals surface area contributed by atoms with Gasteiger partial charge >= 0.3 is 17.9 Å². The molecule has 69 heavy (non-hydrogen) atoms. The summed E-state index contributed by atoms with van der Waals surface area (Å²) in [6.07, 6.45) is 11.3. The number of rotatable bonds is 9. The number of hydrogen-bond acceptors (Lipinski definition) is 13. The largest absolute Gasteiger partial charge is 0.444 e. The molecule has 18 nitrogen and oxygen atoms in total. The second-order valence-electron chi connectivity index (χ2n) is 20.4. The average Bonchev–Trinajstić information content (AvgIpc) is 3.22. The number of hydrogen-bond donors (Lipinski definition) is 5. The van der Waals surface area contributed by atoms with E-state index in [1.807, 2.05) is 67.5 Å². The van der Waals surface area contributed by atoms with Gasteiger partial charge in [-0.25, -0.2) is 9.59 Å². The van der Waals surface area contributed by atoms with Crippen molar-refractivity contribution in [2.45, 2.75) is 188 Å². The van der Waals surface area contributed by atoms with Gasteiger partial charge in [-0.1, -0.05) is 56.2 Å². The van der Waals surface area contributed by atoms with E-state index in [9.17, 15) is 44.3 Å². The van der Waals surface area contributed by atoms with Crippen molar-refractivity contribution < 1.29 is 38.2 Å². The zero-order valence-electron chi connectivity index (χ0n) is 42.0. The summed E-state index contributed by atoms with van der Waals surface area (Å²) in [5, 5.41) is 45.1. The van der Waals surface area contributed by atoms with Crippen LogP contribution >= 0.6 is 0 Å². The number of nitrogens with one attached hydrogen (secondary N) is 4. The number of carbonyl (C=O) groups excluding carboxylic acids is 2. The van der Waals surface area contributed by atoms with Gasteiger partial charge in [-0.05, 0) is 149 Å². The SMILES string of the molecule is CC1CCCC(N)C1.Cc1cccc([N+](=O)[O-])c1F.Cc1cccc([N+](=O)[O-])c1NC1CCC[C@H](NC(=O)OC(C)(C)C)C1.Cc1cccc([N+](=O)[O-])c1NC1CCC[C@H](NC(=O)OC(C)(C)C)C1. The average molecular weight is 967 g/mol. The molecule has 3 saturated carbocycles. The Hall–Kier alpha value is -6.11. The van der Waals surface area contributed by atoms with E-state index in [-0.39, 0.29) is 45.4 Å². The minimum absolute atomic E-state index is 0.00387. The minimum Gasteiger partial charge on any atom is -0.444 e. The number of benzene rings is 3. The van der Waals surface area contributed by atoms with Crippen LogP contribution in [0.1, 0.15) is 142 Å². The number of carbonyl (C=O) groups is 2. The summed E-state index contributed by atoms with van der Waals surface area (Å²) in [5.41, 5.74) is 7.48. The maximum absolute atomic E-state index is 12.8. The molecule has 3 aliphatic carbocycles. The van der Waals surface area contributed by atoms with Crippen LogP contribution in [-0.4, -0.2) is 68.4 Å². The highest BCUT2D eigenvalue weighted by atomic mass is 19.1. The van der Waals surface area contributed by atoms with Crippen molar-refractivity contribution in [3.05, 3.63) is 107 Å². The van der Waals surface area contributed by atoms with Crippen molar-refractivity contribution in [2.24, 2.45) is 11.7 Å². The lowest BCUT2D eigenvalue weighted by atomic mass is 9.88. The number of anilines is 2. The predicted molar refractivity (Wildman–Crippen MR) is 267 cm³/mol. The molecule has 0 saturated heterocycles. The molecule has 3 aromatic rings. The van der Waals surface area contributed by atoms with Crippen LogP contribution < -0.4 is 27.0 Å². The molecule has 19 heteroatoms. The topological polar surface area (TPSA) is 256 Å². The van der Waals surface area contributed by atoms with Crippen LogP contribution in [0.25, 0.3) is 0 Å². The van der Waals surface area contributed by atoms with Gasteiger partial charge in [0, 0.05) is 48.4 Å². The Morgan fingerprint density at radius 2 is 0.942 bits per heavy atom. The van der Waals surface area contributed by atoms with E-state index >= 15 is 0 Å². The number of alkyl carbamates (subject to hydrolysis) is 2. The van der Waals surface area contributed by atoms with Crippen molar-refractivity contribution in [1.29, 1.82) is 0 Å². The third-order valence-electron chi connectivity index (χ3n) is 11.7. The monoisotopic (exact) mass is 967 g/mol. The van der Waals surface area contributed by atoms with Crippen molar-refractivity contribution in [1.82, 2.24) is 10.6 Å². The van der Waals surface area contributed by atoms with E-state index in [4.69, 9.17) is 15.2 Å². The third-order valence-corrected chi connectivity index (χ3v) is 11.7. The first-order valence-electron chi connectivity index (χ1n) is 23.9. The van der Waals surface area contributed by atoms with E-state index in [2.05, 4.69) is 28.2 Å². The van der Waals surface area contributed by atoms with Crippen LogP contribution in [-0.2, 0) is 9.47 Å². The highest BCUT2D eigenvalue weighted by molar-refractivity contribution is 5.69. The summed E-state index contributed by atoms with van der Waals surface area (Å²) in [6, 6.07) is 14.9. The lowest BCUT2D eigenvalue weighted by Crippen LogP contribution is -2.44. The number of nitrogens with zero attached hydrogens (tertiary/aromatic N) is 3. The lowest BCUT2D eigenvalue weighted by Gasteiger charge is -2.31. The van der Waals surface area contributed by atoms with Crippen LogP contribution in [0, 0.1) is 62.8 Å². The normalized spacial score (nSPS) is 21.1. The zero-order chi connectivity index (χ0) is 51.6. The molecular weight excluding hydrogens is 892 g/mol. The summed E-state index contributed by atoms with van der Waals surface area (Å²) < 4.78 is 23.4. The lowest BCUT2D eigenvalue weighted by molar-refractivity contribution is -0.387. The fraction of sp³-hybridized carbons (Fsp3) is 0.600. The van der Waals surface area contributed by atoms with Gasteiger partial charge in [0.25, 0.3) is 11.4 Å². The predicted octanol–water partition coefficient (Wildman–Crippen LogP) is 11.9. The summed E-state index contributed by atoms with van der Waals surface area (Å²) in [7, 11) is 0. The molecule has 6 rings (SSSR count). The van der Waals surface area contributed by atoms with Gasteiger partial charge in [0.2, 0.25) is 5.82 Å². The van der Waals surface area contributed by atoms with Crippen LogP contribution in [0.3, 0.4) is 0 Å². The molecule has 6 N–H and O–H groups in total. The third kappa shape index (κ3) is 20.6. The van der Waals surface area contributed by atoms with Crippen molar-refractivity contribution in [2.75, 3.05) is 10.6 Å². The van der Waals surface area contributed by atoms with E-state index in [0.29, 0.717) is 35.8 Å². The van der Waals surface area contributed by atoms with Crippen LogP contribution in [0.5, 0.6) is 0 Å². The number of halogens is 1. The molecule has 6 atom stereocenters. The first-order chi connectivity index (χ1) is 32.2. The van der Waals surface area contributed by atoms with Gasteiger partial charge < -0.3 is 36.5 Å². The van der Waals surface area contributed by atoms with Gasteiger partial charge in [-0.15, -0.1) is 0 Å². The number of para-hydroxylation sites is 2. The van der Waals surface area contributed by atoms with Gasteiger partial charge in [0.05, 0.1) is 14.8 Å². The van der Waals surface area contributed by atoms with Crippen molar-refractivity contribution in [3.63, 3.8) is 0 Å². The molecule has 0 aliphatic heterocycles. The van der Waals surface area contributed by atoms with Crippen molar-refractivity contribution in [3.8, 4) is 0 Å². The second-order valence-corrected chi connectivity index (χ2v) is 20.4. The molecule has 4 unspecified atom stereocenters. The molecule has 2 amide bonds. The molecule has 3 aromatic carbocycles. The summed E-state index contributed by atoms with van der Waals surface area (Å²) in [5.74, 6) is 0.135. The van der Waals surface area contributed by atoms with Gasteiger partial charge in [-0.2, -0.15) is 4.39 Å². The quantitative estimate of drug-likeness (QED) is 0.0989. The summed E-state index contributed by atoms with van der Waals surface area (Å²) in [4.78, 5) is 55.1. The van der Waals surface area contributed by atoms with Gasteiger partial charge in [0.15, 0.2) is 0 Å². The Morgan fingerprint density at radius 1 is 0.580 bits per heavy atom. The van der Waals surface area contributed by atoms with Crippen LogP contribution in [0.2, 0.25) is 0 Å². The number of nitro groups is 3. The molecule has 0 radical (unpaired) electrons. The molecule has 0 heterocycles. The zero-order valence-corrected chi connectivity index (χ0v) is 42.0. The maximum Gasteiger partial charge on any atom is 0.407 e. The van der Waals surface area contributed by atoms with E-state index in [0.717, 1.165) is 61.6 Å². The highest BCUT2D eigenvalue weighted by Crippen LogP contribution is 2.33. The van der Waals surface area contributed by atoms with E-state index in [1.165, 1.54) is 56.9 Å². The number of ether oxygens (including phenoxy) is 2. The van der Waals surface area contributed by atoms with Crippen molar-refractivity contribution >= 4 is 40.6 Å². The Labute approximate surface area is 405 Å². The number of nitrogens with two attached hydrogens (primary N) is 1. The fourth-order valence-electron chi connectivity index (χ4n) is 8.50. The van der Waals surface area contributed by atoms with Crippen LogP contribution in [0.15, 0.2) is 54.6 Å². The first-order valence-corrected chi connectivity index (χ1v) is 23.9. The van der Waals surface area contributed by atoms with Crippen LogP contribution in [0.4, 0.5) is 42.4 Å². The number of aryl methyl sites for hydroxylation is 3. The maximum atomic E-state index is 12.8. The minimum atomic E-state index is -0.752. The first kappa shape index (κ1) is 57.2. The summed E-state index contributed by atoms with van der Waals surface area (Å²) >= 11 is 0. The molecular formula is C50H75FN8O10. The molecule has 382 valence electrons. The van der Waals surface area contributed by atoms with Gasteiger partial charge in [0.1, 0.15) is 22.6 Å². The second kappa shape index (κ2) is 26.6.